The van der Waals surface area contributed by atoms with Gasteiger partial charge in [-0.15, -0.1) is 20.5 Å². The van der Waals surface area contributed by atoms with E-state index in [4.69, 9.17) is 17.3 Å². The molecule has 5 N–H and O–H groups in total. The maximum absolute atomic E-state index is 12.7. The molecule has 0 saturated heterocycles. The van der Waals surface area contributed by atoms with Crippen molar-refractivity contribution < 1.29 is 285 Å². The summed E-state index contributed by atoms with van der Waals surface area (Å²) in [6, 6.07) is 8.72. The molecule has 50 heteroatoms. The van der Waals surface area contributed by atoms with Crippen LogP contribution in [0.15, 0.2) is 123 Å². The number of aromatic hydroxyl groups is 1. The molecule has 1 aromatic heterocycles. The third kappa shape index (κ3) is 23.5. The van der Waals surface area contributed by atoms with E-state index in [-0.39, 0.29) is 212 Å². The fourth-order valence-electron chi connectivity index (χ4n) is 6.35. The Labute approximate surface area is 620 Å². The first kappa shape index (κ1) is 84.3. The number of hydrogen-bond donors (Lipinski definition) is 4. The molecule has 0 radical (unpaired) electrons. The second kappa shape index (κ2) is 32.8. The molecule has 426 valence electrons. The smallest absolute Gasteiger partial charge is 0.744 e. The van der Waals surface area contributed by atoms with Crippen LogP contribution in [0.1, 0.15) is 0 Å². The van der Waals surface area contributed by atoms with Crippen LogP contribution in [0.3, 0.4) is 0 Å². The number of nitrogens with two attached hydrogens (primary N) is 1. The summed E-state index contributed by atoms with van der Waals surface area (Å²) in [5.74, 6) is -4.45. The molecule has 5 aromatic carbocycles. The third-order valence-corrected chi connectivity index (χ3v) is 17.5. The average molecular weight is 1420 g/mol. The van der Waals surface area contributed by atoms with Crippen LogP contribution in [0.2, 0.25) is 5.28 Å². The van der Waals surface area contributed by atoms with Gasteiger partial charge in [-0.2, -0.15) is 15.0 Å². The van der Waals surface area contributed by atoms with Gasteiger partial charge in [0.2, 0.25) is 38.0 Å². The van der Waals surface area contributed by atoms with Crippen molar-refractivity contribution in [2.45, 2.75) is 29.4 Å². The van der Waals surface area contributed by atoms with E-state index in [2.05, 4.69) is 54.4 Å². The Kier molecular flexibility index (Phi) is 32.5. The molecular formula is C35H25ClN10Na6O25S8. The Morgan fingerprint density at radius 1 is 0.482 bits per heavy atom. The van der Waals surface area contributed by atoms with Crippen LogP contribution in [-0.2, 0) is 89.3 Å². The van der Waals surface area contributed by atoms with E-state index >= 15 is 0 Å². The first-order chi connectivity index (χ1) is 36.1. The Morgan fingerprint density at radius 2 is 0.894 bits per heavy atom. The fourth-order valence-corrected chi connectivity index (χ4v) is 12.1. The minimum Gasteiger partial charge on any atom is -0.744 e. The summed E-state index contributed by atoms with van der Waals surface area (Å²) in [6.07, 6.45) is 0. The third-order valence-electron chi connectivity index (χ3n) is 9.65. The summed E-state index contributed by atoms with van der Waals surface area (Å²) in [6.45, 7) is -2.23. The van der Waals surface area contributed by atoms with Crippen LogP contribution in [0, 0.1) is 0 Å². The number of anilines is 5. The predicted molar refractivity (Wildman–Crippen MR) is 256 cm³/mol. The predicted octanol–water partition coefficient (Wildman–Crippen LogP) is -16.6. The summed E-state index contributed by atoms with van der Waals surface area (Å²) >= 11 is 6.06. The first-order valence-corrected chi connectivity index (χ1v) is 31.9. The molecule has 35 nitrogen and oxygen atoms in total. The molecular weight excluding hydrogens is 1390 g/mol. The van der Waals surface area contributed by atoms with Gasteiger partial charge in [0.1, 0.15) is 63.2 Å². The first-order valence-electron chi connectivity index (χ1n) is 19.9. The normalized spacial score (nSPS) is 12.4. The zero-order valence-corrected chi connectivity index (χ0v) is 63.1. The van der Waals surface area contributed by atoms with Crippen molar-refractivity contribution in [3.05, 3.63) is 78.1 Å². The maximum atomic E-state index is 12.7. The van der Waals surface area contributed by atoms with Gasteiger partial charge in [0.15, 0.2) is 25.4 Å². The largest absolute Gasteiger partial charge is 1.00 e. The van der Waals surface area contributed by atoms with E-state index in [1.807, 2.05) is 0 Å². The maximum Gasteiger partial charge on any atom is 1.00 e. The number of hydrogen-bond acceptors (Lipinski definition) is 35. The van der Waals surface area contributed by atoms with E-state index in [0.29, 0.717) is 24.3 Å². The second-order valence-electron chi connectivity index (χ2n) is 15.0. The van der Waals surface area contributed by atoms with Crippen molar-refractivity contribution in [1.29, 1.82) is 0 Å². The number of nitrogens with one attached hydrogen (secondary N) is 2. The van der Waals surface area contributed by atoms with Crippen molar-refractivity contribution in [2.24, 2.45) is 20.5 Å². The van der Waals surface area contributed by atoms with Gasteiger partial charge in [-0.05, 0) is 89.8 Å². The molecule has 0 aliphatic carbocycles. The number of aromatic nitrogens is 3. The summed E-state index contributed by atoms with van der Waals surface area (Å²) in [4.78, 5) is 4.65. The van der Waals surface area contributed by atoms with Crippen LogP contribution < -0.4 is 194 Å². The number of fused-ring (bicyclic) bond motifs is 1. The van der Waals surface area contributed by atoms with Gasteiger partial charge in [-0.3, -0.25) is 8.37 Å². The standard InChI is InChI=1S/C35H31ClN10O25S8.6Na/c36-33-40-34(38-18-1-4-20(5-2-18)72(48,49)11-9-70-78(64,65)66)42-35(41-33)39-19-3-8-24(74(52,53)54)23(15-19)44-46-31-27(77(61,62)63)14-17-13-26(76(58,59)60)30(29(37)28(17)32(31)47)45-43-22-7-6-21(16-25(22)75(55,56)57)73(50,51)12-10-71-79(67,68)69;;;;;;/h1-8,13-16,47H,9-12,37H2,(H,52,53,54)(H,55,56,57)(H,58,59,60)(H,61,62,63)(H,64,65,66)(H,67,68,69)(H2,38,39,40,41,42);;;;;;/q;6*+1/p-6. The minimum absolute atomic E-state index is 0. The molecule has 0 atom stereocenters. The van der Waals surface area contributed by atoms with Crippen LogP contribution in [0.4, 0.5) is 51.7 Å². The number of sulfone groups is 2. The summed E-state index contributed by atoms with van der Waals surface area (Å²) < 4.78 is 272. The van der Waals surface area contributed by atoms with Crippen LogP contribution >= 0.6 is 11.6 Å². The number of phenols is 1. The van der Waals surface area contributed by atoms with Crippen molar-refractivity contribution in [2.75, 3.05) is 41.1 Å². The second-order valence-corrected chi connectivity index (χ2v) is 27.0. The number of nitrogens with zero attached hydrogens (tertiary/aromatic N) is 7. The molecule has 6 rings (SSSR count). The van der Waals surface area contributed by atoms with Crippen molar-refractivity contribution in [1.82, 2.24) is 15.0 Å². The van der Waals surface area contributed by atoms with E-state index in [1.165, 1.54) is 12.1 Å². The van der Waals surface area contributed by atoms with Gasteiger partial charge < -0.3 is 48.8 Å². The fraction of sp³-hybridized carbons (Fsp3) is 0.114. The van der Waals surface area contributed by atoms with Gasteiger partial charge in [0, 0.05) is 11.4 Å². The molecule has 0 aliphatic heterocycles. The van der Waals surface area contributed by atoms with Crippen molar-refractivity contribution >= 4 is 155 Å². The molecule has 0 fully saturated rings. The zero-order valence-electron chi connectivity index (χ0n) is 43.9. The van der Waals surface area contributed by atoms with E-state index in [0.717, 1.165) is 24.3 Å². The average Bonchev–Trinajstić information content (AvgIpc) is 3.28. The molecule has 0 spiro atoms. The van der Waals surface area contributed by atoms with Gasteiger partial charge in [-0.25, -0.2) is 67.3 Å². The molecule has 0 unspecified atom stereocenters. The van der Waals surface area contributed by atoms with Gasteiger partial charge in [0.05, 0.1) is 65.2 Å². The van der Waals surface area contributed by atoms with Crippen molar-refractivity contribution in [3.8, 4) is 5.75 Å². The quantitative estimate of drug-likeness (QED) is 0.0161. The molecule has 0 amide bonds. The number of phenolic OH excluding ortho intramolecular Hbond substituents is 1. The van der Waals surface area contributed by atoms with Crippen LogP contribution in [0.5, 0.6) is 5.75 Å². The molecule has 0 saturated carbocycles. The van der Waals surface area contributed by atoms with Crippen LogP contribution in [0.25, 0.3) is 10.8 Å². The summed E-state index contributed by atoms with van der Waals surface area (Å²) in [7, 11) is -42.5. The number of halogens is 1. The van der Waals surface area contributed by atoms with Crippen molar-refractivity contribution in [3.63, 3.8) is 0 Å². The van der Waals surface area contributed by atoms with E-state index in [9.17, 15) is 99.8 Å². The number of nitrogen functional groups attached to an aromatic ring is 1. The Bertz CT molecular complexity index is 4530. The summed E-state index contributed by atoms with van der Waals surface area (Å²) in [5, 5.41) is 28.3. The SMILES string of the molecule is Nc1c(N=Nc2ccc(S(=O)(=O)CCOS(=O)(=O)[O-])cc2S(=O)(=O)[O-])c(S(=O)(=O)[O-])cc2cc(S(=O)(=O)[O-])c(N=Nc3cc(Nc4nc(Cl)nc(Nc5ccc(S(=O)(=O)CCOS(=O)(=O)[O-])cc5)n4)ccc3S(=O)(=O)[O-])c(O)c12.[Na+].[Na+].[Na+].[Na+].[Na+].[Na+]. The monoisotopic (exact) mass is 1410 g/mol. The van der Waals surface area contributed by atoms with E-state index < -0.39 is 186 Å². The Balaban J connectivity index is 0.0000118. The topological polar surface area (TPSA) is 588 Å². The van der Waals surface area contributed by atoms with E-state index in [1.54, 1.807) is 0 Å². The number of benzene rings is 5. The molecule has 0 aliphatic rings. The van der Waals surface area contributed by atoms with Gasteiger partial charge in [0.25, 0.3) is 0 Å². The molecule has 6 aromatic rings. The summed E-state index contributed by atoms with van der Waals surface area (Å²) in [5.41, 5.74) is 0.0243. The van der Waals surface area contributed by atoms with Gasteiger partial charge in [-0.1, -0.05) is 0 Å². The number of rotatable bonds is 22. The molecule has 0 bridgehead atoms. The van der Waals surface area contributed by atoms with Gasteiger partial charge >= 0.3 is 177 Å². The Morgan fingerprint density at radius 3 is 1.36 bits per heavy atom. The number of azo groups is 2. The molecule has 1 heterocycles. The Hall–Kier alpha value is -0.660. The molecule has 85 heavy (non-hydrogen) atoms. The van der Waals surface area contributed by atoms with Crippen LogP contribution in [-0.4, -0.2) is 139 Å². The zero-order chi connectivity index (χ0) is 59.1. The minimum atomic E-state index is -5.89.